The van der Waals surface area contributed by atoms with E-state index in [1.165, 1.54) is 0 Å². The van der Waals surface area contributed by atoms with Crippen molar-refractivity contribution in [3.63, 3.8) is 0 Å². The standard InChI is InChI=1S/C16H27N3O2.HI/c1-5-17-16(18-10-11-20-4)19-12-14-6-8-15(9-7-14)21-13(2)3;/h6-9,13H,5,10-12H2,1-4H3,(H2,17,18,19);1H. The average Bonchev–Trinajstić information content (AvgIpc) is 2.46. The van der Waals surface area contributed by atoms with E-state index in [2.05, 4.69) is 15.6 Å². The SMILES string of the molecule is CCNC(=NCc1ccc(OC(C)C)cc1)NCCOC.I. The number of benzene rings is 1. The van der Waals surface area contributed by atoms with Gasteiger partial charge in [0.15, 0.2) is 5.96 Å². The summed E-state index contributed by atoms with van der Waals surface area (Å²) in [7, 11) is 1.69. The summed E-state index contributed by atoms with van der Waals surface area (Å²) in [5.74, 6) is 1.69. The van der Waals surface area contributed by atoms with Gasteiger partial charge in [0.25, 0.3) is 0 Å². The Morgan fingerprint density at radius 1 is 1.18 bits per heavy atom. The summed E-state index contributed by atoms with van der Waals surface area (Å²) in [6.45, 7) is 8.95. The Morgan fingerprint density at radius 2 is 1.86 bits per heavy atom. The second kappa shape index (κ2) is 12.5. The minimum atomic E-state index is 0. The molecule has 0 heterocycles. The number of aliphatic imine (C=N–C) groups is 1. The third-order valence-electron chi connectivity index (χ3n) is 2.66. The molecule has 5 nitrogen and oxygen atoms in total. The molecule has 126 valence electrons. The van der Waals surface area contributed by atoms with E-state index in [1.807, 2.05) is 45.0 Å². The van der Waals surface area contributed by atoms with Crippen molar-refractivity contribution in [3.05, 3.63) is 29.8 Å². The lowest BCUT2D eigenvalue weighted by molar-refractivity contribution is 0.203. The molecule has 0 saturated carbocycles. The zero-order chi connectivity index (χ0) is 15.5. The Labute approximate surface area is 150 Å². The van der Waals surface area contributed by atoms with Gasteiger partial charge in [-0.25, -0.2) is 4.99 Å². The molecule has 0 amide bonds. The molecule has 0 unspecified atom stereocenters. The zero-order valence-electron chi connectivity index (χ0n) is 13.9. The predicted octanol–water partition coefficient (Wildman–Crippen LogP) is 2.79. The Morgan fingerprint density at radius 3 is 2.41 bits per heavy atom. The van der Waals surface area contributed by atoms with Gasteiger partial charge in [-0.3, -0.25) is 0 Å². The van der Waals surface area contributed by atoms with E-state index >= 15 is 0 Å². The molecule has 0 atom stereocenters. The lowest BCUT2D eigenvalue weighted by atomic mass is 10.2. The van der Waals surface area contributed by atoms with Crippen LogP contribution in [0.4, 0.5) is 0 Å². The van der Waals surface area contributed by atoms with Gasteiger partial charge in [0, 0.05) is 20.2 Å². The highest BCUT2D eigenvalue weighted by Gasteiger charge is 1.99. The van der Waals surface area contributed by atoms with Crippen molar-refractivity contribution < 1.29 is 9.47 Å². The van der Waals surface area contributed by atoms with E-state index in [0.29, 0.717) is 13.2 Å². The molecule has 6 heteroatoms. The third-order valence-corrected chi connectivity index (χ3v) is 2.66. The minimum absolute atomic E-state index is 0. The van der Waals surface area contributed by atoms with Crippen molar-refractivity contribution in [2.75, 3.05) is 26.8 Å². The monoisotopic (exact) mass is 421 g/mol. The fourth-order valence-electron chi connectivity index (χ4n) is 1.73. The molecule has 1 rings (SSSR count). The maximum Gasteiger partial charge on any atom is 0.191 e. The fourth-order valence-corrected chi connectivity index (χ4v) is 1.73. The van der Waals surface area contributed by atoms with Gasteiger partial charge in [-0.2, -0.15) is 0 Å². The van der Waals surface area contributed by atoms with Gasteiger partial charge < -0.3 is 20.1 Å². The lowest BCUT2D eigenvalue weighted by Crippen LogP contribution is -2.38. The first-order valence-corrected chi connectivity index (χ1v) is 7.42. The molecule has 0 saturated heterocycles. The maximum atomic E-state index is 5.62. The van der Waals surface area contributed by atoms with Gasteiger partial charge in [-0.15, -0.1) is 24.0 Å². The van der Waals surface area contributed by atoms with Crippen LogP contribution in [0.5, 0.6) is 5.75 Å². The van der Waals surface area contributed by atoms with Crippen LogP contribution in [0.15, 0.2) is 29.3 Å². The highest BCUT2D eigenvalue weighted by Crippen LogP contribution is 2.14. The van der Waals surface area contributed by atoms with E-state index in [9.17, 15) is 0 Å². The summed E-state index contributed by atoms with van der Waals surface area (Å²) >= 11 is 0. The van der Waals surface area contributed by atoms with E-state index in [1.54, 1.807) is 7.11 Å². The van der Waals surface area contributed by atoms with Crippen LogP contribution < -0.4 is 15.4 Å². The quantitative estimate of drug-likeness (QED) is 0.294. The summed E-state index contributed by atoms with van der Waals surface area (Å²) in [6.07, 6.45) is 0.194. The number of methoxy groups -OCH3 is 1. The number of nitrogens with zero attached hydrogens (tertiary/aromatic N) is 1. The minimum Gasteiger partial charge on any atom is -0.491 e. The average molecular weight is 421 g/mol. The van der Waals surface area contributed by atoms with Crippen LogP contribution in [0.25, 0.3) is 0 Å². The van der Waals surface area contributed by atoms with Crippen LogP contribution in [0.3, 0.4) is 0 Å². The number of rotatable bonds is 8. The van der Waals surface area contributed by atoms with Gasteiger partial charge in [0.05, 0.1) is 19.3 Å². The van der Waals surface area contributed by atoms with Crippen LogP contribution in [0.2, 0.25) is 0 Å². The van der Waals surface area contributed by atoms with Crippen molar-refractivity contribution in [2.45, 2.75) is 33.4 Å². The van der Waals surface area contributed by atoms with Gasteiger partial charge >= 0.3 is 0 Å². The van der Waals surface area contributed by atoms with Crippen molar-refractivity contribution in [3.8, 4) is 5.75 Å². The van der Waals surface area contributed by atoms with Gasteiger partial charge in [-0.05, 0) is 38.5 Å². The van der Waals surface area contributed by atoms with Crippen LogP contribution >= 0.6 is 24.0 Å². The molecular formula is C16H28IN3O2. The Kier molecular flexibility index (Phi) is 11.9. The number of hydrogen-bond acceptors (Lipinski definition) is 3. The molecule has 2 N–H and O–H groups in total. The molecule has 0 aromatic heterocycles. The van der Waals surface area contributed by atoms with E-state index in [0.717, 1.165) is 30.4 Å². The number of ether oxygens (including phenoxy) is 2. The van der Waals surface area contributed by atoms with Crippen LogP contribution in [0.1, 0.15) is 26.3 Å². The highest BCUT2D eigenvalue weighted by atomic mass is 127. The summed E-state index contributed by atoms with van der Waals surface area (Å²) in [4.78, 5) is 4.54. The molecule has 0 aliphatic rings. The van der Waals surface area contributed by atoms with E-state index in [-0.39, 0.29) is 30.1 Å². The first kappa shape index (κ1) is 21.0. The normalized spacial score (nSPS) is 11.0. The molecule has 0 spiro atoms. The Hall–Kier alpha value is -1.02. The van der Waals surface area contributed by atoms with Crippen LogP contribution in [0, 0.1) is 0 Å². The Bertz CT molecular complexity index is 422. The fraction of sp³-hybridized carbons (Fsp3) is 0.562. The van der Waals surface area contributed by atoms with E-state index in [4.69, 9.17) is 9.47 Å². The third kappa shape index (κ3) is 9.09. The second-order valence-corrected chi connectivity index (χ2v) is 4.93. The largest absolute Gasteiger partial charge is 0.491 e. The second-order valence-electron chi connectivity index (χ2n) is 4.93. The van der Waals surface area contributed by atoms with Crippen molar-refractivity contribution in [1.29, 1.82) is 0 Å². The molecule has 0 aliphatic carbocycles. The number of nitrogens with one attached hydrogen (secondary N) is 2. The summed E-state index contributed by atoms with van der Waals surface area (Å²) in [5.41, 5.74) is 1.15. The molecule has 22 heavy (non-hydrogen) atoms. The molecule has 0 bridgehead atoms. The molecule has 1 aromatic rings. The molecular weight excluding hydrogens is 393 g/mol. The lowest BCUT2D eigenvalue weighted by Gasteiger charge is -2.11. The molecule has 0 fully saturated rings. The summed E-state index contributed by atoms with van der Waals surface area (Å²) in [6, 6.07) is 8.05. The number of guanidine groups is 1. The Balaban J connectivity index is 0.00000441. The summed E-state index contributed by atoms with van der Waals surface area (Å²) < 4.78 is 10.6. The van der Waals surface area contributed by atoms with Crippen molar-refractivity contribution in [2.24, 2.45) is 4.99 Å². The van der Waals surface area contributed by atoms with E-state index < -0.39 is 0 Å². The number of halogens is 1. The van der Waals surface area contributed by atoms with Crippen LogP contribution in [-0.2, 0) is 11.3 Å². The molecule has 0 radical (unpaired) electrons. The van der Waals surface area contributed by atoms with Gasteiger partial charge in [-0.1, -0.05) is 12.1 Å². The smallest absolute Gasteiger partial charge is 0.191 e. The van der Waals surface area contributed by atoms with Crippen molar-refractivity contribution in [1.82, 2.24) is 10.6 Å². The zero-order valence-corrected chi connectivity index (χ0v) is 16.2. The summed E-state index contributed by atoms with van der Waals surface area (Å²) in [5, 5.41) is 6.43. The molecule has 0 aliphatic heterocycles. The topological polar surface area (TPSA) is 54.9 Å². The maximum absolute atomic E-state index is 5.62. The predicted molar refractivity (Wildman–Crippen MR) is 102 cm³/mol. The van der Waals surface area contributed by atoms with Crippen molar-refractivity contribution >= 4 is 29.9 Å². The first-order valence-electron chi connectivity index (χ1n) is 7.42. The number of hydrogen-bond donors (Lipinski definition) is 2. The first-order chi connectivity index (χ1) is 10.2. The van der Waals surface area contributed by atoms with Crippen LogP contribution in [-0.4, -0.2) is 38.9 Å². The molecule has 1 aromatic carbocycles. The highest BCUT2D eigenvalue weighted by molar-refractivity contribution is 14.0. The van der Waals surface area contributed by atoms with Gasteiger partial charge in [0.1, 0.15) is 5.75 Å². The van der Waals surface area contributed by atoms with Gasteiger partial charge in [0.2, 0.25) is 0 Å².